The van der Waals surface area contributed by atoms with Gasteiger partial charge in [-0.1, -0.05) is 12.1 Å². The summed E-state index contributed by atoms with van der Waals surface area (Å²) in [5, 5.41) is 13.0. The summed E-state index contributed by atoms with van der Waals surface area (Å²) in [4.78, 5) is 46.9. The average Bonchev–Trinajstić information content (AvgIpc) is 2.67. The number of para-hydroxylation sites is 1. The van der Waals surface area contributed by atoms with Gasteiger partial charge in [0.05, 0.1) is 12.5 Å². The molecule has 0 radical (unpaired) electrons. The summed E-state index contributed by atoms with van der Waals surface area (Å²) in [6.45, 7) is 4.54. The summed E-state index contributed by atoms with van der Waals surface area (Å²) in [6, 6.07) is 4.76. The Bertz CT molecular complexity index is 829. The second-order valence-corrected chi connectivity index (χ2v) is 7.01. The van der Waals surface area contributed by atoms with E-state index in [2.05, 4.69) is 10.1 Å². The first-order chi connectivity index (χ1) is 14.7. The summed E-state index contributed by atoms with van der Waals surface area (Å²) in [5.74, 6) is -1.70. The lowest BCUT2D eigenvalue weighted by Crippen LogP contribution is -2.53. The summed E-state index contributed by atoms with van der Waals surface area (Å²) >= 11 is 0. The number of fused-ring (bicyclic) bond motifs is 1. The molecular weight excluding hydrogens is 409 g/mol. The molecule has 0 aromatic heterocycles. The van der Waals surface area contributed by atoms with Gasteiger partial charge in [0.2, 0.25) is 12.2 Å². The number of hydrogen-bond donors (Lipinski definition) is 2. The minimum absolute atomic E-state index is 0.00384. The molecule has 1 amide bonds. The molecule has 0 spiro atoms. The van der Waals surface area contributed by atoms with Crippen molar-refractivity contribution >= 4 is 30.9 Å². The van der Waals surface area contributed by atoms with Gasteiger partial charge in [-0.2, -0.15) is 0 Å². The summed E-state index contributed by atoms with van der Waals surface area (Å²) in [5.41, 5.74) is 0.634. The van der Waals surface area contributed by atoms with E-state index in [-0.39, 0.29) is 42.5 Å². The molecule has 0 fully saturated rings. The van der Waals surface area contributed by atoms with E-state index in [9.17, 15) is 24.2 Å². The number of carbonyl (C=O) groups is 4. The number of ether oxygens (including phenoxy) is 3. The Labute approximate surface area is 180 Å². The molecule has 1 heterocycles. The van der Waals surface area contributed by atoms with Crippen molar-refractivity contribution < 1.29 is 43.1 Å². The number of amides is 1. The number of hydrogen-bond acceptors (Lipinski definition) is 9. The number of carbonyl (C=O) groups excluding carboxylic acids is 4. The highest BCUT2D eigenvalue weighted by Crippen LogP contribution is 2.31. The first-order valence-corrected chi connectivity index (χ1v) is 10.0. The van der Waals surface area contributed by atoms with E-state index < -0.39 is 31.5 Å². The smallest absolute Gasteiger partial charge is 0.534 e. The normalized spacial score (nSPS) is 15.7. The molecule has 1 aliphatic heterocycles. The molecule has 168 valence electrons. The van der Waals surface area contributed by atoms with Crippen molar-refractivity contribution in [2.75, 3.05) is 6.61 Å². The van der Waals surface area contributed by atoms with Gasteiger partial charge in [-0.05, 0) is 38.3 Å². The van der Waals surface area contributed by atoms with Crippen LogP contribution < -0.4 is 9.97 Å². The van der Waals surface area contributed by atoms with Crippen LogP contribution in [0.25, 0.3) is 0 Å². The minimum Gasteiger partial charge on any atom is -0.534 e. The molecule has 0 saturated heterocycles. The maximum absolute atomic E-state index is 12.5. The summed E-state index contributed by atoms with van der Waals surface area (Å²) in [6.07, 6.45) is -1.05. The Morgan fingerprint density at radius 3 is 2.68 bits per heavy atom. The average molecular weight is 435 g/mol. The highest BCUT2D eigenvalue weighted by molar-refractivity contribution is 6.47. The maximum atomic E-state index is 12.5. The number of Topliss-reactive ketones (excluding diaryl/α,β-unsaturated/α-hetero) is 1. The van der Waals surface area contributed by atoms with E-state index in [0.717, 1.165) is 0 Å². The quantitative estimate of drug-likeness (QED) is 0.336. The Kier molecular flexibility index (Phi) is 8.86. The minimum atomic E-state index is -1.38. The molecule has 2 N–H and O–H groups in total. The zero-order valence-electron chi connectivity index (χ0n) is 17.7. The van der Waals surface area contributed by atoms with Gasteiger partial charge in [0.25, 0.3) is 0 Å². The van der Waals surface area contributed by atoms with Crippen molar-refractivity contribution in [2.24, 2.45) is 0 Å². The summed E-state index contributed by atoms with van der Waals surface area (Å²) in [7, 11) is -1.38. The molecule has 0 bridgehead atoms. The molecule has 2 atom stereocenters. The van der Waals surface area contributed by atoms with Crippen LogP contribution in [0.15, 0.2) is 18.2 Å². The fourth-order valence-electron chi connectivity index (χ4n) is 3.01. The van der Waals surface area contributed by atoms with E-state index in [1.165, 1.54) is 19.9 Å². The molecule has 0 saturated carbocycles. The predicted octanol–water partition coefficient (Wildman–Crippen LogP) is 1.56. The van der Waals surface area contributed by atoms with Crippen LogP contribution >= 0.6 is 0 Å². The molecule has 1 unspecified atom stereocenters. The largest absolute Gasteiger partial charge is 0.547 e. The van der Waals surface area contributed by atoms with E-state index in [0.29, 0.717) is 18.4 Å². The van der Waals surface area contributed by atoms with E-state index >= 15 is 0 Å². The van der Waals surface area contributed by atoms with Crippen LogP contribution in [0.1, 0.15) is 56.0 Å². The Hall–Kier alpha value is -3.08. The van der Waals surface area contributed by atoms with E-state index in [1.54, 1.807) is 19.1 Å². The highest BCUT2D eigenvalue weighted by atomic mass is 16.8. The third-order valence-electron chi connectivity index (χ3n) is 4.42. The van der Waals surface area contributed by atoms with Gasteiger partial charge in [0, 0.05) is 19.8 Å². The lowest BCUT2D eigenvalue weighted by atomic mass is 9.72. The van der Waals surface area contributed by atoms with Crippen LogP contribution in [0.5, 0.6) is 5.75 Å². The molecule has 1 aliphatic rings. The standard InChI is InChI=1S/C20H26BNO9/c1-4-28-20(26)30-13(3)29-19(25)15-9-6-8-14-11-16(21(27)31-18(14)15)22-17(24)10-5-7-12(2)23/h6,8-9,13,16,27H,4-5,7,10-11H2,1-3H3,(H,22,24)/t13?,16-/m0/s1. The van der Waals surface area contributed by atoms with Crippen LogP contribution in [0, 0.1) is 0 Å². The second-order valence-electron chi connectivity index (χ2n) is 7.01. The van der Waals surface area contributed by atoms with Gasteiger partial charge in [-0.25, -0.2) is 9.59 Å². The van der Waals surface area contributed by atoms with Crippen molar-refractivity contribution in [3.05, 3.63) is 29.3 Å². The van der Waals surface area contributed by atoms with Crippen LogP contribution in [0.2, 0.25) is 0 Å². The number of nitrogens with one attached hydrogen (secondary N) is 1. The van der Waals surface area contributed by atoms with Crippen LogP contribution in [-0.2, 0) is 30.2 Å². The topological polar surface area (TPSA) is 137 Å². The van der Waals surface area contributed by atoms with Gasteiger partial charge in [-0.15, -0.1) is 0 Å². The van der Waals surface area contributed by atoms with E-state index in [4.69, 9.17) is 14.1 Å². The molecule has 11 heteroatoms. The van der Waals surface area contributed by atoms with Gasteiger partial charge in [-0.3, -0.25) is 4.79 Å². The molecule has 10 nitrogen and oxygen atoms in total. The first kappa shape index (κ1) is 24.2. The van der Waals surface area contributed by atoms with Crippen molar-refractivity contribution in [2.45, 2.75) is 58.7 Å². The maximum Gasteiger partial charge on any atom is 0.547 e. The molecule has 2 rings (SSSR count). The lowest BCUT2D eigenvalue weighted by Gasteiger charge is -2.29. The van der Waals surface area contributed by atoms with Crippen molar-refractivity contribution in [3.8, 4) is 5.75 Å². The monoisotopic (exact) mass is 435 g/mol. The van der Waals surface area contributed by atoms with Gasteiger partial charge >= 0.3 is 19.2 Å². The zero-order chi connectivity index (χ0) is 23.0. The number of benzene rings is 1. The van der Waals surface area contributed by atoms with E-state index in [1.807, 2.05) is 0 Å². The predicted molar refractivity (Wildman–Crippen MR) is 108 cm³/mol. The van der Waals surface area contributed by atoms with Crippen LogP contribution in [0.4, 0.5) is 4.79 Å². The number of rotatable bonds is 9. The number of ketones is 1. The van der Waals surface area contributed by atoms with Gasteiger partial charge in [0.15, 0.2) is 0 Å². The molecule has 1 aromatic carbocycles. The van der Waals surface area contributed by atoms with Crippen molar-refractivity contribution in [3.63, 3.8) is 0 Å². The zero-order valence-corrected chi connectivity index (χ0v) is 17.7. The molecule has 1 aromatic rings. The third-order valence-corrected chi connectivity index (χ3v) is 4.42. The molecular formula is C20H26BNO9. The van der Waals surface area contributed by atoms with Gasteiger partial charge in [0.1, 0.15) is 17.1 Å². The van der Waals surface area contributed by atoms with Gasteiger partial charge < -0.3 is 34.0 Å². The Balaban J connectivity index is 2.01. The Morgan fingerprint density at radius 1 is 1.26 bits per heavy atom. The van der Waals surface area contributed by atoms with Crippen LogP contribution in [0.3, 0.4) is 0 Å². The summed E-state index contributed by atoms with van der Waals surface area (Å²) < 4.78 is 20.0. The second kappa shape index (κ2) is 11.4. The number of esters is 1. The van der Waals surface area contributed by atoms with Crippen molar-refractivity contribution in [1.29, 1.82) is 0 Å². The fraction of sp³-hybridized carbons (Fsp3) is 0.500. The first-order valence-electron chi connectivity index (χ1n) is 10.0. The third kappa shape index (κ3) is 7.28. The fourth-order valence-corrected chi connectivity index (χ4v) is 3.01. The molecule has 31 heavy (non-hydrogen) atoms. The molecule has 0 aliphatic carbocycles. The van der Waals surface area contributed by atoms with Crippen molar-refractivity contribution in [1.82, 2.24) is 5.32 Å². The van der Waals surface area contributed by atoms with Crippen LogP contribution in [-0.4, -0.2) is 54.8 Å². The Morgan fingerprint density at radius 2 is 2.00 bits per heavy atom. The lowest BCUT2D eigenvalue weighted by molar-refractivity contribution is -0.121. The SMILES string of the molecule is CCOC(=O)OC(C)OC(=O)c1cccc2c1OB(O)[C@@H](NC(=O)CCCC(C)=O)C2. The highest BCUT2D eigenvalue weighted by Gasteiger charge is 2.38.